The Bertz CT molecular complexity index is 739. The molecule has 0 aliphatic rings. The lowest BCUT2D eigenvalue weighted by Gasteiger charge is -2.20. The van der Waals surface area contributed by atoms with Crippen molar-refractivity contribution in [2.24, 2.45) is 0 Å². The molecule has 3 N–H and O–H groups in total. The van der Waals surface area contributed by atoms with Gasteiger partial charge in [0.1, 0.15) is 12.2 Å². The van der Waals surface area contributed by atoms with Crippen molar-refractivity contribution >= 4 is 13.8 Å². The van der Waals surface area contributed by atoms with Crippen LogP contribution >= 0.6 is 7.82 Å². The highest BCUT2D eigenvalue weighted by molar-refractivity contribution is 7.47. The quantitative estimate of drug-likeness (QED) is 0.0321. The Balaban J connectivity index is 4.14. The Hall–Kier alpha value is -0.540. The molecule has 0 aromatic heterocycles. The van der Waals surface area contributed by atoms with Crippen molar-refractivity contribution in [3.05, 3.63) is 0 Å². The molecule has 9 nitrogen and oxygen atoms in total. The molecule has 0 aliphatic heterocycles. The average molecular weight is 723 g/mol. The molecule has 0 saturated heterocycles. The van der Waals surface area contributed by atoms with E-state index in [0.29, 0.717) is 6.61 Å². The monoisotopic (exact) mass is 723 g/mol. The molecule has 0 spiro atoms. The van der Waals surface area contributed by atoms with Gasteiger partial charge in [-0.2, -0.15) is 0 Å². The normalized spacial score (nSPS) is 14.1. The molecule has 49 heavy (non-hydrogen) atoms. The third-order valence-electron chi connectivity index (χ3n) is 9.04. The summed E-state index contributed by atoms with van der Waals surface area (Å²) in [6.07, 6.45) is 33.4. The van der Waals surface area contributed by atoms with Gasteiger partial charge in [0, 0.05) is 13.0 Å². The molecule has 0 amide bonds. The minimum Gasteiger partial charge on any atom is -0.457 e. The van der Waals surface area contributed by atoms with Crippen LogP contribution in [0, 0.1) is 0 Å². The zero-order valence-corrected chi connectivity index (χ0v) is 32.8. The minimum atomic E-state index is -4.50. The van der Waals surface area contributed by atoms with Crippen molar-refractivity contribution in [3.8, 4) is 0 Å². The van der Waals surface area contributed by atoms with Gasteiger partial charge in [0.15, 0.2) is 0 Å². The second-order valence-corrected chi connectivity index (χ2v) is 15.5. The number of ether oxygens (including phenoxy) is 2. The smallest absolute Gasteiger partial charge is 0.457 e. The summed E-state index contributed by atoms with van der Waals surface area (Å²) in [6.45, 7) is 3.56. The second kappa shape index (κ2) is 37.2. The van der Waals surface area contributed by atoms with Gasteiger partial charge < -0.3 is 24.6 Å². The minimum absolute atomic E-state index is 0.0577. The van der Waals surface area contributed by atoms with Gasteiger partial charge in [-0.1, -0.05) is 181 Å². The van der Waals surface area contributed by atoms with E-state index < -0.39 is 33.2 Å². The molecule has 3 atom stereocenters. The van der Waals surface area contributed by atoms with Crippen LogP contribution in [0.3, 0.4) is 0 Å². The molecular weight excluding hydrogens is 643 g/mol. The standard InChI is InChI=1S/C39H79O9P/c1-3-5-7-9-11-13-15-17-18-19-20-22-24-26-28-30-32-45-35-38(36-47-49(43,44)46-34-37(41)33-40)48-39(42)31-29-27-25-23-21-16-14-12-10-8-6-4-2/h37-38,40-41H,3-36H2,1-2H3,(H,43,44)/t37-,38+/m0/s1. The second-order valence-electron chi connectivity index (χ2n) is 14.0. The number of hydrogen-bond donors (Lipinski definition) is 3. The molecule has 0 heterocycles. The third kappa shape index (κ3) is 37.0. The van der Waals surface area contributed by atoms with E-state index in [1.807, 2.05) is 0 Å². The first kappa shape index (κ1) is 48.5. The molecule has 10 heteroatoms. The zero-order valence-electron chi connectivity index (χ0n) is 31.9. The first-order valence-corrected chi connectivity index (χ1v) is 22.0. The van der Waals surface area contributed by atoms with Gasteiger partial charge in [0.25, 0.3) is 0 Å². The van der Waals surface area contributed by atoms with E-state index in [0.717, 1.165) is 32.1 Å². The van der Waals surface area contributed by atoms with Crippen LogP contribution in [0.2, 0.25) is 0 Å². The number of carbonyl (C=O) groups is 1. The van der Waals surface area contributed by atoms with Gasteiger partial charge in [0.05, 0.1) is 26.4 Å². The lowest BCUT2D eigenvalue weighted by atomic mass is 10.0. The highest BCUT2D eigenvalue weighted by Crippen LogP contribution is 2.43. The van der Waals surface area contributed by atoms with Crippen LogP contribution in [0.1, 0.15) is 200 Å². The molecule has 0 rings (SSSR count). The van der Waals surface area contributed by atoms with Gasteiger partial charge in [-0.15, -0.1) is 0 Å². The van der Waals surface area contributed by atoms with Gasteiger partial charge in [-0.05, 0) is 12.8 Å². The zero-order chi connectivity index (χ0) is 36.1. The molecule has 294 valence electrons. The lowest BCUT2D eigenvalue weighted by molar-refractivity contribution is -0.154. The number of aliphatic hydroxyl groups excluding tert-OH is 2. The fourth-order valence-electron chi connectivity index (χ4n) is 5.89. The molecule has 0 fully saturated rings. The van der Waals surface area contributed by atoms with E-state index in [1.165, 1.54) is 148 Å². The van der Waals surface area contributed by atoms with E-state index >= 15 is 0 Å². The average Bonchev–Trinajstić information content (AvgIpc) is 3.09. The van der Waals surface area contributed by atoms with E-state index in [1.54, 1.807) is 0 Å². The van der Waals surface area contributed by atoms with Crippen LogP contribution in [0.4, 0.5) is 0 Å². The summed E-state index contributed by atoms with van der Waals surface area (Å²) < 4.78 is 33.3. The number of carbonyl (C=O) groups excluding carboxylic acids is 1. The Labute approximate surface area is 301 Å². The number of phosphoric ester groups is 1. The van der Waals surface area contributed by atoms with Crippen molar-refractivity contribution in [1.82, 2.24) is 0 Å². The van der Waals surface area contributed by atoms with E-state index in [-0.39, 0.29) is 25.6 Å². The van der Waals surface area contributed by atoms with Crippen molar-refractivity contribution in [2.45, 2.75) is 212 Å². The van der Waals surface area contributed by atoms with Crippen LogP contribution in [0.15, 0.2) is 0 Å². The number of aliphatic hydroxyl groups is 2. The maximum Gasteiger partial charge on any atom is 0.472 e. The topological polar surface area (TPSA) is 132 Å². The fourth-order valence-corrected chi connectivity index (χ4v) is 6.68. The first-order valence-electron chi connectivity index (χ1n) is 20.5. The summed E-state index contributed by atoms with van der Waals surface area (Å²) in [4.78, 5) is 22.5. The predicted octanol–water partition coefficient (Wildman–Crippen LogP) is 10.8. The predicted molar refractivity (Wildman–Crippen MR) is 201 cm³/mol. The summed E-state index contributed by atoms with van der Waals surface area (Å²) in [7, 11) is -4.50. The molecule has 0 bridgehead atoms. The van der Waals surface area contributed by atoms with Crippen molar-refractivity contribution in [3.63, 3.8) is 0 Å². The molecule has 0 radical (unpaired) electrons. The number of unbranched alkanes of at least 4 members (excludes halogenated alkanes) is 26. The van der Waals surface area contributed by atoms with Gasteiger partial charge >= 0.3 is 13.8 Å². The van der Waals surface area contributed by atoms with Crippen molar-refractivity contribution in [2.75, 3.05) is 33.0 Å². The highest BCUT2D eigenvalue weighted by Gasteiger charge is 2.26. The summed E-state index contributed by atoms with van der Waals surface area (Å²) in [5.41, 5.74) is 0. The summed E-state index contributed by atoms with van der Waals surface area (Å²) in [5.74, 6) is -0.379. The van der Waals surface area contributed by atoms with Gasteiger partial charge in [0.2, 0.25) is 0 Å². The maximum atomic E-state index is 12.5. The Morgan fingerprint density at radius 2 is 0.918 bits per heavy atom. The number of phosphoric acid groups is 1. The van der Waals surface area contributed by atoms with Crippen molar-refractivity contribution < 1.29 is 43.0 Å². The molecule has 0 aromatic rings. The number of esters is 1. The Morgan fingerprint density at radius 1 is 0.551 bits per heavy atom. The Morgan fingerprint density at radius 3 is 1.33 bits per heavy atom. The van der Waals surface area contributed by atoms with E-state index in [2.05, 4.69) is 13.8 Å². The largest absolute Gasteiger partial charge is 0.472 e. The molecule has 0 aliphatic carbocycles. The SMILES string of the molecule is CCCCCCCCCCCCCCCCCCOC[C@H](COP(=O)(O)OC[C@@H](O)CO)OC(=O)CCCCCCCCCCCCCC. The number of hydrogen-bond acceptors (Lipinski definition) is 8. The van der Waals surface area contributed by atoms with Crippen LogP contribution in [0.5, 0.6) is 0 Å². The fraction of sp³-hybridized carbons (Fsp3) is 0.974. The molecule has 1 unspecified atom stereocenters. The first-order chi connectivity index (χ1) is 23.8. The summed E-state index contributed by atoms with van der Waals surface area (Å²) >= 11 is 0. The van der Waals surface area contributed by atoms with Crippen LogP contribution in [-0.2, 0) is 27.9 Å². The highest BCUT2D eigenvalue weighted by atomic mass is 31.2. The maximum absolute atomic E-state index is 12.5. The van der Waals surface area contributed by atoms with E-state index in [9.17, 15) is 19.4 Å². The molecule has 0 aromatic carbocycles. The number of rotatable bonds is 40. The van der Waals surface area contributed by atoms with Crippen LogP contribution < -0.4 is 0 Å². The molecule has 0 saturated carbocycles. The Kier molecular flexibility index (Phi) is 36.8. The van der Waals surface area contributed by atoms with Crippen LogP contribution in [-0.4, -0.2) is 66.3 Å². The van der Waals surface area contributed by atoms with E-state index in [4.69, 9.17) is 23.6 Å². The van der Waals surface area contributed by atoms with Gasteiger partial charge in [-0.25, -0.2) is 4.57 Å². The van der Waals surface area contributed by atoms with Crippen molar-refractivity contribution in [1.29, 1.82) is 0 Å². The molecular formula is C39H79O9P. The van der Waals surface area contributed by atoms with Gasteiger partial charge in [-0.3, -0.25) is 13.8 Å². The summed E-state index contributed by atoms with van der Waals surface area (Å²) in [5, 5.41) is 18.3. The van der Waals surface area contributed by atoms with Crippen LogP contribution in [0.25, 0.3) is 0 Å². The lowest BCUT2D eigenvalue weighted by Crippen LogP contribution is -2.29. The third-order valence-corrected chi connectivity index (χ3v) is 9.99. The summed E-state index contributed by atoms with van der Waals surface area (Å²) in [6, 6.07) is 0.